The van der Waals surface area contributed by atoms with Crippen LogP contribution < -0.4 is 5.32 Å². The average molecular weight is 438 g/mol. The van der Waals surface area contributed by atoms with Gasteiger partial charge >= 0.3 is 6.18 Å². The van der Waals surface area contributed by atoms with Crippen molar-refractivity contribution in [3.8, 4) is 21.8 Å². The number of nitrogens with zero attached hydrogens (tertiary/aromatic N) is 1. The molecule has 31 heavy (non-hydrogen) atoms. The number of alkyl halides is 3. The molecule has 0 aliphatic carbocycles. The molecule has 7 heteroatoms. The van der Waals surface area contributed by atoms with E-state index in [0.29, 0.717) is 0 Å². The lowest BCUT2D eigenvalue weighted by atomic mass is 10.1. The molecule has 156 valence electrons. The van der Waals surface area contributed by atoms with Crippen LogP contribution in [0, 0.1) is 0 Å². The third kappa shape index (κ3) is 4.83. The number of carbonyl (C=O) groups excluding carboxylic acids is 1. The predicted octanol–water partition coefficient (Wildman–Crippen LogP) is 6.43. The Morgan fingerprint density at radius 3 is 2.26 bits per heavy atom. The lowest BCUT2D eigenvalue weighted by Gasteiger charge is -2.12. The van der Waals surface area contributed by atoms with Crippen molar-refractivity contribution in [3.63, 3.8) is 0 Å². The van der Waals surface area contributed by atoms with E-state index in [1.54, 1.807) is 0 Å². The number of hydrogen-bond donors (Lipinski definition) is 1. The van der Waals surface area contributed by atoms with E-state index in [9.17, 15) is 18.0 Å². The number of nitrogens with one attached hydrogen (secondary N) is 1. The van der Waals surface area contributed by atoms with Crippen molar-refractivity contribution in [2.24, 2.45) is 0 Å². The first-order valence-electron chi connectivity index (χ1n) is 9.46. The van der Waals surface area contributed by atoms with Crippen LogP contribution >= 0.6 is 11.3 Å². The molecule has 1 heterocycles. The molecule has 4 rings (SSSR count). The van der Waals surface area contributed by atoms with Gasteiger partial charge in [-0.1, -0.05) is 66.7 Å². The minimum Gasteiger partial charge on any atom is -0.348 e. The molecule has 0 unspecified atom stereocenters. The molecule has 0 saturated heterocycles. The number of hydrogen-bond acceptors (Lipinski definition) is 3. The second-order valence-corrected chi connectivity index (χ2v) is 7.68. The van der Waals surface area contributed by atoms with E-state index < -0.39 is 17.6 Å². The molecule has 1 N–H and O–H groups in total. The fourth-order valence-corrected chi connectivity index (χ4v) is 3.95. The summed E-state index contributed by atoms with van der Waals surface area (Å²) >= 11 is 1.54. The molecule has 0 spiro atoms. The van der Waals surface area contributed by atoms with E-state index >= 15 is 0 Å². The van der Waals surface area contributed by atoms with Crippen molar-refractivity contribution in [2.45, 2.75) is 12.7 Å². The molecule has 0 fully saturated rings. The molecular formula is C24H17F3N2OS. The standard InChI is InChI=1S/C24H17F3N2OS/c25-24(26,27)20-9-5-4-8-19(20)22(30)28-14-16-10-12-18(13-11-16)23-29-21(15-31-23)17-6-2-1-3-7-17/h1-13,15H,14H2,(H,28,30). The van der Waals surface area contributed by atoms with Crippen molar-refractivity contribution in [1.29, 1.82) is 0 Å². The summed E-state index contributed by atoms with van der Waals surface area (Å²) in [6, 6.07) is 22.1. The number of benzene rings is 3. The average Bonchev–Trinajstić information content (AvgIpc) is 3.28. The summed E-state index contributed by atoms with van der Waals surface area (Å²) in [6.07, 6.45) is -4.58. The molecule has 3 aromatic carbocycles. The number of thiazole rings is 1. The zero-order valence-corrected chi connectivity index (χ0v) is 17.0. The van der Waals surface area contributed by atoms with Gasteiger partial charge in [0.05, 0.1) is 16.8 Å². The molecule has 0 aliphatic heterocycles. The van der Waals surface area contributed by atoms with Crippen LogP contribution in [0.5, 0.6) is 0 Å². The van der Waals surface area contributed by atoms with E-state index in [-0.39, 0.29) is 12.1 Å². The SMILES string of the molecule is O=C(NCc1ccc(-c2nc(-c3ccccc3)cs2)cc1)c1ccccc1C(F)(F)F. The van der Waals surface area contributed by atoms with Gasteiger partial charge in [0, 0.05) is 23.1 Å². The van der Waals surface area contributed by atoms with Crippen LogP contribution in [0.3, 0.4) is 0 Å². The molecule has 0 atom stereocenters. The fraction of sp³-hybridized carbons (Fsp3) is 0.0833. The molecular weight excluding hydrogens is 421 g/mol. The normalized spacial score (nSPS) is 11.3. The van der Waals surface area contributed by atoms with Gasteiger partial charge in [0.1, 0.15) is 5.01 Å². The Hall–Kier alpha value is -3.45. The summed E-state index contributed by atoms with van der Waals surface area (Å²) < 4.78 is 39.3. The molecule has 4 aromatic rings. The summed E-state index contributed by atoms with van der Waals surface area (Å²) in [6.45, 7) is 0.123. The largest absolute Gasteiger partial charge is 0.417 e. The van der Waals surface area contributed by atoms with Gasteiger partial charge < -0.3 is 5.32 Å². The summed E-state index contributed by atoms with van der Waals surface area (Å²) in [5.74, 6) is -0.760. The van der Waals surface area contributed by atoms with Gasteiger partial charge in [-0.2, -0.15) is 13.2 Å². The monoisotopic (exact) mass is 438 g/mol. The molecule has 0 radical (unpaired) electrons. The molecule has 0 bridgehead atoms. The smallest absolute Gasteiger partial charge is 0.348 e. The van der Waals surface area contributed by atoms with Gasteiger partial charge in [0.2, 0.25) is 0 Å². The summed E-state index contributed by atoms with van der Waals surface area (Å²) in [4.78, 5) is 17.0. The van der Waals surface area contributed by atoms with Gasteiger partial charge in [-0.05, 0) is 17.7 Å². The van der Waals surface area contributed by atoms with Gasteiger partial charge in [0.15, 0.2) is 0 Å². The Kier molecular flexibility index (Phi) is 5.86. The van der Waals surface area contributed by atoms with Gasteiger partial charge in [-0.25, -0.2) is 4.98 Å². The van der Waals surface area contributed by atoms with Crippen molar-refractivity contribution in [2.75, 3.05) is 0 Å². The molecule has 1 amide bonds. The second kappa shape index (κ2) is 8.73. The predicted molar refractivity (Wildman–Crippen MR) is 116 cm³/mol. The third-order valence-electron chi connectivity index (χ3n) is 4.70. The lowest BCUT2D eigenvalue weighted by Crippen LogP contribution is -2.25. The zero-order chi connectivity index (χ0) is 21.8. The Labute approximate surface area is 181 Å². The van der Waals surface area contributed by atoms with E-state index in [1.165, 1.54) is 29.5 Å². The van der Waals surface area contributed by atoms with Crippen LogP contribution in [0.25, 0.3) is 21.8 Å². The van der Waals surface area contributed by atoms with Crippen LogP contribution in [-0.2, 0) is 12.7 Å². The van der Waals surface area contributed by atoms with E-state index in [1.807, 2.05) is 60.0 Å². The molecule has 0 saturated carbocycles. The highest BCUT2D eigenvalue weighted by molar-refractivity contribution is 7.13. The minimum atomic E-state index is -4.58. The minimum absolute atomic E-state index is 0.123. The Morgan fingerprint density at radius 2 is 1.55 bits per heavy atom. The quantitative estimate of drug-likeness (QED) is 0.390. The van der Waals surface area contributed by atoms with Gasteiger partial charge in [0.25, 0.3) is 5.91 Å². The second-order valence-electron chi connectivity index (χ2n) is 6.83. The number of carbonyl (C=O) groups is 1. The van der Waals surface area contributed by atoms with E-state index in [2.05, 4.69) is 10.3 Å². The van der Waals surface area contributed by atoms with E-state index in [0.717, 1.165) is 33.5 Å². The molecule has 1 aromatic heterocycles. The maximum atomic E-state index is 13.1. The maximum absolute atomic E-state index is 13.1. The first-order valence-corrected chi connectivity index (χ1v) is 10.3. The highest BCUT2D eigenvalue weighted by Gasteiger charge is 2.34. The summed E-state index contributed by atoms with van der Waals surface area (Å²) in [5.41, 5.74) is 2.33. The fourth-order valence-electron chi connectivity index (χ4n) is 3.12. The van der Waals surface area contributed by atoms with Gasteiger partial charge in [-0.15, -0.1) is 11.3 Å². The summed E-state index contributed by atoms with van der Waals surface area (Å²) in [5, 5.41) is 5.43. The summed E-state index contributed by atoms with van der Waals surface area (Å²) in [7, 11) is 0. The number of rotatable bonds is 5. The lowest BCUT2D eigenvalue weighted by molar-refractivity contribution is -0.137. The topological polar surface area (TPSA) is 42.0 Å². The Morgan fingerprint density at radius 1 is 0.871 bits per heavy atom. The van der Waals surface area contributed by atoms with Crippen LogP contribution in [-0.4, -0.2) is 10.9 Å². The van der Waals surface area contributed by atoms with Crippen molar-refractivity contribution >= 4 is 17.2 Å². The zero-order valence-electron chi connectivity index (χ0n) is 16.2. The highest BCUT2D eigenvalue weighted by atomic mass is 32.1. The van der Waals surface area contributed by atoms with Crippen molar-refractivity contribution in [1.82, 2.24) is 10.3 Å². The van der Waals surface area contributed by atoms with Crippen molar-refractivity contribution in [3.05, 3.63) is 101 Å². The van der Waals surface area contributed by atoms with Crippen LogP contribution in [0.1, 0.15) is 21.5 Å². The molecule has 3 nitrogen and oxygen atoms in total. The number of halogens is 3. The third-order valence-corrected chi connectivity index (χ3v) is 5.60. The van der Waals surface area contributed by atoms with E-state index in [4.69, 9.17) is 0 Å². The first-order chi connectivity index (χ1) is 14.9. The number of amides is 1. The number of aromatic nitrogens is 1. The maximum Gasteiger partial charge on any atom is 0.417 e. The van der Waals surface area contributed by atoms with Gasteiger partial charge in [-0.3, -0.25) is 4.79 Å². The van der Waals surface area contributed by atoms with Crippen molar-refractivity contribution < 1.29 is 18.0 Å². The Bertz CT molecular complexity index is 1190. The first kappa shape index (κ1) is 20.8. The highest BCUT2D eigenvalue weighted by Crippen LogP contribution is 2.32. The van der Waals surface area contributed by atoms with Crippen LogP contribution in [0.4, 0.5) is 13.2 Å². The van der Waals surface area contributed by atoms with Crippen LogP contribution in [0.2, 0.25) is 0 Å². The Balaban J connectivity index is 1.43. The van der Waals surface area contributed by atoms with Crippen LogP contribution in [0.15, 0.2) is 84.2 Å². The molecule has 0 aliphatic rings.